The van der Waals surface area contributed by atoms with Gasteiger partial charge >= 0.3 is 0 Å². The maximum Gasteiger partial charge on any atom is 0.248 e. The Morgan fingerprint density at radius 2 is 1.67 bits per heavy atom. The first kappa shape index (κ1) is 12.0. The summed E-state index contributed by atoms with van der Waals surface area (Å²) in [6.45, 7) is 1.39. The second kappa shape index (κ2) is 6.40. The standard InChI is InChI=1S/C10H18N2O3/c11-9(13)7-15-8-10(14)12-5-3-1-2-4-6-12/h1-8H2,(H2,11,13). The van der Waals surface area contributed by atoms with Crippen LogP contribution in [0.4, 0.5) is 0 Å². The highest BCUT2D eigenvalue weighted by atomic mass is 16.5. The van der Waals surface area contributed by atoms with Crippen molar-refractivity contribution in [2.45, 2.75) is 25.7 Å². The monoisotopic (exact) mass is 214 g/mol. The predicted molar refractivity (Wildman–Crippen MR) is 55.1 cm³/mol. The molecular weight excluding hydrogens is 196 g/mol. The molecule has 0 aromatic rings. The van der Waals surface area contributed by atoms with Crippen molar-refractivity contribution in [1.82, 2.24) is 4.90 Å². The molecule has 1 heterocycles. The van der Waals surface area contributed by atoms with Gasteiger partial charge < -0.3 is 15.4 Å². The normalized spacial score (nSPS) is 17.2. The second-order valence-corrected chi connectivity index (χ2v) is 3.75. The molecule has 1 fully saturated rings. The first-order valence-electron chi connectivity index (χ1n) is 5.34. The second-order valence-electron chi connectivity index (χ2n) is 3.75. The number of likely N-dealkylation sites (tertiary alicyclic amines) is 1. The van der Waals surface area contributed by atoms with Crippen LogP contribution < -0.4 is 5.73 Å². The van der Waals surface area contributed by atoms with E-state index in [0.717, 1.165) is 25.9 Å². The molecule has 2 N–H and O–H groups in total. The predicted octanol–water partition coefficient (Wildman–Crippen LogP) is -0.109. The third kappa shape index (κ3) is 4.78. The summed E-state index contributed by atoms with van der Waals surface area (Å²) < 4.78 is 4.89. The minimum absolute atomic E-state index is 0.0388. The number of carbonyl (C=O) groups is 2. The van der Waals surface area contributed by atoms with Crippen LogP contribution in [0.15, 0.2) is 0 Å². The lowest BCUT2D eigenvalue weighted by Crippen LogP contribution is -2.35. The zero-order chi connectivity index (χ0) is 11.1. The number of hydrogen-bond acceptors (Lipinski definition) is 3. The molecule has 1 aliphatic heterocycles. The van der Waals surface area contributed by atoms with E-state index in [1.807, 2.05) is 0 Å². The van der Waals surface area contributed by atoms with Gasteiger partial charge in [0, 0.05) is 13.1 Å². The first-order valence-corrected chi connectivity index (χ1v) is 5.34. The number of amides is 2. The van der Waals surface area contributed by atoms with Crippen LogP contribution in [-0.2, 0) is 14.3 Å². The summed E-state index contributed by atoms with van der Waals surface area (Å²) in [5, 5.41) is 0. The van der Waals surface area contributed by atoms with Gasteiger partial charge in [0.25, 0.3) is 0 Å². The molecule has 5 nitrogen and oxygen atoms in total. The number of rotatable bonds is 4. The van der Waals surface area contributed by atoms with E-state index >= 15 is 0 Å². The minimum atomic E-state index is -0.543. The number of carbonyl (C=O) groups excluding carboxylic acids is 2. The molecule has 0 saturated carbocycles. The summed E-state index contributed by atoms with van der Waals surface area (Å²) in [6.07, 6.45) is 4.49. The molecule has 5 heteroatoms. The van der Waals surface area contributed by atoms with Crippen molar-refractivity contribution in [3.8, 4) is 0 Å². The van der Waals surface area contributed by atoms with Gasteiger partial charge in [-0.05, 0) is 12.8 Å². The van der Waals surface area contributed by atoms with Gasteiger partial charge in [0.05, 0.1) is 0 Å². The fourth-order valence-electron chi connectivity index (χ4n) is 1.65. The van der Waals surface area contributed by atoms with Crippen molar-refractivity contribution in [2.24, 2.45) is 5.73 Å². The van der Waals surface area contributed by atoms with Crippen LogP contribution in [0, 0.1) is 0 Å². The van der Waals surface area contributed by atoms with E-state index in [-0.39, 0.29) is 19.1 Å². The average Bonchev–Trinajstić information content (AvgIpc) is 2.44. The van der Waals surface area contributed by atoms with Gasteiger partial charge in [-0.15, -0.1) is 0 Å². The molecular formula is C10H18N2O3. The molecule has 1 saturated heterocycles. The largest absolute Gasteiger partial charge is 0.368 e. The zero-order valence-corrected chi connectivity index (χ0v) is 8.91. The van der Waals surface area contributed by atoms with Gasteiger partial charge in [-0.3, -0.25) is 9.59 Å². The van der Waals surface area contributed by atoms with E-state index in [1.54, 1.807) is 4.90 Å². The fraction of sp³-hybridized carbons (Fsp3) is 0.800. The van der Waals surface area contributed by atoms with E-state index in [9.17, 15) is 9.59 Å². The van der Waals surface area contributed by atoms with E-state index in [4.69, 9.17) is 10.5 Å². The van der Waals surface area contributed by atoms with Crippen LogP contribution in [-0.4, -0.2) is 43.0 Å². The maximum absolute atomic E-state index is 11.6. The van der Waals surface area contributed by atoms with Gasteiger partial charge in [0.15, 0.2) is 0 Å². The third-order valence-electron chi connectivity index (χ3n) is 2.43. The molecule has 0 aliphatic carbocycles. The van der Waals surface area contributed by atoms with Gasteiger partial charge in [-0.1, -0.05) is 12.8 Å². The van der Waals surface area contributed by atoms with Crippen molar-refractivity contribution in [2.75, 3.05) is 26.3 Å². The summed E-state index contributed by atoms with van der Waals surface area (Å²) in [5.74, 6) is -0.586. The highest BCUT2D eigenvalue weighted by Gasteiger charge is 2.15. The number of primary amides is 1. The Kier molecular flexibility index (Phi) is 5.10. The van der Waals surface area contributed by atoms with Gasteiger partial charge in [-0.25, -0.2) is 0 Å². The Labute approximate surface area is 89.6 Å². The highest BCUT2D eigenvalue weighted by Crippen LogP contribution is 2.09. The van der Waals surface area contributed by atoms with Crippen molar-refractivity contribution in [1.29, 1.82) is 0 Å². The van der Waals surface area contributed by atoms with Crippen LogP contribution >= 0.6 is 0 Å². The van der Waals surface area contributed by atoms with Gasteiger partial charge in [0.1, 0.15) is 13.2 Å². The summed E-state index contributed by atoms with van der Waals surface area (Å²) in [4.78, 5) is 23.8. The Balaban J connectivity index is 2.22. The van der Waals surface area contributed by atoms with E-state index < -0.39 is 5.91 Å². The van der Waals surface area contributed by atoms with E-state index in [0.29, 0.717) is 0 Å². The Morgan fingerprint density at radius 3 is 2.20 bits per heavy atom. The van der Waals surface area contributed by atoms with Gasteiger partial charge in [0.2, 0.25) is 11.8 Å². The van der Waals surface area contributed by atoms with Crippen molar-refractivity contribution >= 4 is 11.8 Å². The highest BCUT2D eigenvalue weighted by molar-refractivity contribution is 5.78. The van der Waals surface area contributed by atoms with Crippen LogP contribution in [0.25, 0.3) is 0 Å². The third-order valence-corrected chi connectivity index (χ3v) is 2.43. The van der Waals surface area contributed by atoms with Crippen molar-refractivity contribution < 1.29 is 14.3 Å². The Morgan fingerprint density at radius 1 is 1.07 bits per heavy atom. The van der Waals surface area contributed by atoms with Crippen LogP contribution in [0.2, 0.25) is 0 Å². The molecule has 0 spiro atoms. The summed E-state index contributed by atoms with van der Waals surface area (Å²) >= 11 is 0. The van der Waals surface area contributed by atoms with Crippen LogP contribution in [0.5, 0.6) is 0 Å². The Hall–Kier alpha value is -1.10. The molecule has 0 radical (unpaired) electrons. The lowest BCUT2D eigenvalue weighted by Gasteiger charge is -2.19. The average molecular weight is 214 g/mol. The van der Waals surface area contributed by atoms with Crippen LogP contribution in [0.1, 0.15) is 25.7 Å². The maximum atomic E-state index is 11.6. The topological polar surface area (TPSA) is 72.6 Å². The van der Waals surface area contributed by atoms with E-state index in [1.165, 1.54) is 12.8 Å². The molecule has 0 aromatic carbocycles. The molecule has 1 aliphatic rings. The molecule has 1 rings (SSSR count). The first-order chi connectivity index (χ1) is 7.20. The molecule has 0 bridgehead atoms. The lowest BCUT2D eigenvalue weighted by molar-refractivity contribution is -0.137. The number of nitrogens with two attached hydrogens (primary N) is 1. The van der Waals surface area contributed by atoms with Gasteiger partial charge in [-0.2, -0.15) is 0 Å². The zero-order valence-electron chi connectivity index (χ0n) is 8.91. The smallest absolute Gasteiger partial charge is 0.248 e. The number of nitrogens with zero attached hydrogens (tertiary/aromatic N) is 1. The van der Waals surface area contributed by atoms with Crippen molar-refractivity contribution in [3.05, 3.63) is 0 Å². The quantitative estimate of drug-likeness (QED) is 0.709. The minimum Gasteiger partial charge on any atom is -0.368 e. The molecule has 2 amide bonds. The Bertz CT molecular complexity index is 223. The molecule has 0 atom stereocenters. The molecule has 0 aromatic heterocycles. The number of hydrogen-bond donors (Lipinski definition) is 1. The molecule has 0 unspecified atom stereocenters. The number of ether oxygens (including phenoxy) is 1. The molecule has 15 heavy (non-hydrogen) atoms. The fourth-order valence-corrected chi connectivity index (χ4v) is 1.65. The summed E-state index contributed by atoms with van der Waals surface area (Å²) in [6, 6.07) is 0. The van der Waals surface area contributed by atoms with Crippen molar-refractivity contribution in [3.63, 3.8) is 0 Å². The summed E-state index contributed by atoms with van der Waals surface area (Å²) in [5.41, 5.74) is 4.89. The lowest BCUT2D eigenvalue weighted by atomic mass is 10.2. The molecule has 86 valence electrons. The van der Waals surface area contributed by atoms with Crippen LogP contribution in [0.3, 0.4) is 0 Å². The summed E-state index contributed by atoms with van der Waals surface area (Å²) in [7, 11) is 0. The SMILES string of the molecule is NC(=O)COCC(=O)N1CCCCCC1. The van der Waals surface area contributed by atoms with E-state index in [2.05, 4.69) is 0 Å².